The number of aryl methyl sites for hydroxylation is 2. The Morgan fingerprint density at radius 3 is 2.58 bits per heavy atom. The van der Waals surface area contributed by atoms with Gasteiger partial charge in [-0.2, -0.15) is 10.5 Å². The number of aromatic nitrogens is 1. The number of nitriles is 2. The van der Waals surface area contributed by atoms with Gasteiger partial charge in [-0.15, -0.1) is 0 Å². The molecule has 7 nitrogen and oxygen atoms in total. The summed E-state index contributed by atoms with van der Waals surface area (Å²) in [6, 6.07) is 15.2. The van der Waals surface area contributed by atoms with Crippen LogP contribution in [0, 0.1) is 29.6 Å². The van der Waals surface area contributed by atoms with E-state index in [-0.39, 0.29) is 35.1 Å². The third-order valence-electron chi connectivity index (χ3n) is 5.20. The summed E-state index contributed by atoms with van der Waals surface area (Å²) in [5.41, 5.74) is 9.51. The van der Waals surface area contributed by atoms with E-state index >= 15 is 0 Å². The highest BCUT2D eigenvalue weighted by atomic mass is 32.2. The molecule has 1 aliphatic heterocycles. The number of esters is 1. The monoisotopic (exact) mass is 460 g/mol. The number of hydrogen-bond acceptors (Lipinski definition) is 8. The van der Waals surface area contributed by atoms with Crippen LogP contribution >= 0.6 is 11.8 Å². The molecule has 0 amide bonds. The van der Waals surface area contributed by atoms with Crippen molar-refractivity contribution in [3.05, 3.63) is 81.6 Å². The van der Waals surface area contributed by atoms with Crippen molar-refractivity contribution in [1.29, 1.82) is 10.5 Å². The van der Waals surface area contributed by atoms with E-state index in [9.17, 15) is 15.3 Å². The van der Waals surface area contributed by atoms with Crippen LogP contribution in [0.3, 0.4) is 0 Å². The van der Waals surface area contributed by atoms with Crippen LogP contribution in [-0.2, 0) is 20.7 Å². The molecule has 0 radical (unpaired) electrons. The summed E-state index contributed by atoms with van der Waals surface area (Å²) in [6.07, 6.45) is 0.732. The second-order valence-electron chi connectivity index (χ2n) is 7.25. The number of hydrogen-bond donors (Lipinski definition) is 1. The first-order chi connectivity index (χ1) is 15.9. The number of pyridine rings is 1. The number of nitrogens with two attached hydrogens (primary N) is 1. The van der Waals surface area contributed by atoms with Crippen LogP contribution in [0.5, 0.6) is 0 Å². The van der Waals surface area contributed by atoms with Crippen LogP contribution in [0.25, 0.3) is 0 Å². The predicted octanol–water partition coefficient (Wildman–Crippen LogP) is 4.24. The lowest BCUT2D eigenvalue weighted by molar-refractivity contribution is -0.139. The van der Waals surface area contributed by atoms with Gasteiger partial charge in [0.2, 0.25) is 5.88 Å². The van der Waals surface area contributed by atoms with Crippen LogP contribution in [0.2, 0.25) is 0 Å². The maximum atomic E-state index is 13.0. The Labute approximate surface area is 197 Å². The molecular formula is C25H24N4O3S. The largest absolute Gasteiger partial charge is 0.463 e. The van der Waals surface area contributed by atoms with E-state index in [1.54, 1.807) is 6.92 Å². The van der Waals surface area contributed by atoms with Crippen LogP contribution < -0.4 is 5.73 Å². The summed E-state index contributed by atoms with van der Waals surface area (Å²) in [5.74, 6) is -0.874. The van der Waals surface area contributed by atoms with Crippen LogP contribution in [0.1, 0.15) is 42.1 Å². The van der Waals surface area contributed by atoms with Gasteiger partial charge in [0.1, 0.15) is 28.5 Å². The number of benzene rings is 1. The summed E-state index contributed by atoms with van der Waals surface area (Å²) in [7, 11) is 0. The third kappa shape index (κ3) is 5.02. The molecule has 0 saturated carbocycles. The quantitative estimate of drug-likeness (QED) is 0.481. The van der Waals surface area contributed by atoms with Gasteiger partial charge in [-0.05, 0) is 37.5 Å². The number of ether oxygens (including phenoxy) is 2. The molecule has 0 saturated heterocycles. The summed E-state index contributed by atoms with van der Waals surface area (Å²) < 4.78 is 11.1. The fourth-order valence-electron chi connectivity index (χ4n) is 3.65. The SMILES string of the molecule is CCOC(=O)C1=C(CSc2nc(CC)c(C)cc2C#N)OC(N)=C(C#N)[C@@H]1c1ccccc1. The zero-order valence-corrected chi connectivity index (χ0v) is 19.5. The molecule has 1 aromatic carbocycles. The lowest BCUT2D eigenvalue weighted by atomic mass is 9.83. The Bertz CT molecular complexity index is 1210. The number of rotatable bonds is 7. The molecule has 168 valence electrons. The van der Waals surface area contributed by atoms with Crippen molar-refractivity contribution in [3.8, 4) is 12.1 Å². The van der Waals surface area contributed by atoms with Crippen LogP contribution in [-0.4, -0.2) is 23.3 Å². The summed E-state index contributed by atoms with van der Waals surface area (Å²) in [5, 5.41) is 19.9. The van der Waals surface area contributed by atoms with E-state index in [2.05, 4.69) is 17.1 Å². The van der Waals surface area contributed by atoms with Gasteiger partial charge in [-0.25, -0.2) is 9.78 Å². The van der Waals surface area contributed by atoms with Crippen LogP contribution in [0.15, 0.2) is 64.2 Å². The maximum Gasteiger partial charge on any atom is 0.338 e. The fraction of sp³-hybridized carbons (Fsp3) is 0.280. The van der Waals surface area contributed by atoms with Crippen molar-refractivity contribution < 1.29 is 14.3 Å². The predicted molar refractivity (Wildman–Crippen MR) is 125 cm³/mol. The number of carbonyl (C=O) groups is 1. The van der Waals surface area contributed by atoms with Crippen molar-refractivity contribution in [2.75, 3.05) is 12.4 Å². The van der Waals surface area contributed by atoms with Gasteiger partial charge in [0.05, 0.1) is 29.4 Å². The topological polar surface area (TPSA) is 122 Å². The molecule has 0 unspecified atom stereocenters. The van der Waals surface area contributed by atoms with Gasteiger partial charge in [-0.1, -0.05) is 49.0 Å². The first-order valence-corrected chi connectivity index (χ1v) is 11.5. The fourth-order valence-corrected chi connectivity index (χ4v) is 4.57. The summed E-state index contributed by atoms with van der Waals surface area (Å²) in [4.78, 5) is 17.7. The molecular weight excluding hydrogens is 436 g/mol. The molecule has 8 heteroatoms. The average Bonchev–Trinajstić information content (AvgIpc) is 2.83. The van der Waals surface area contributed by atoms with E-state index in [0.29, 0.717) is 10.6 Å². The van der Waals surface area contributed by atoms with Crippen molar-refractivity contribution in [2.45, 2.75) is 38.1 Å². The number of thioether (sulfide) groups is 1. The maximum absolute atomic E-state index is 13.0. The van der Waals surface area contributed by atoms with Gasteiger partial charge in [-0.3, -0.25) is 0 Å². The molecule has 2 N–H and O–H groups in total. The second kappa shape index (κ2) is 10.7. The Balaban J connectivity index is 2.08. The van der Waals surface area contributed by atoms with E-state index in [0.717, 1.165) is 23.2 Å². The molecule has 2 aromatic rings. The van der Waals surface area contributed by atoms with Crippen molar-refractivity contribution in [2.24, 2.45) is 5.73 Å². The molecule has 0 fully saturated rings. The molecule has 1 atom stereocenters. The minimum absolute atomic E-state index is 0.0541. The molecule has 0 spiro atoms. The van der Waals surface area contributed by atoms with E-state index < -0.39 is 11.9 Å². The highest BCUT2D eigenvalue weighted by molar-refractivity contribution is 7.99. The van der Waals surface area contributed by atoms with E-state index in [1.165, 1.54) is 11.8 Å². The Morgan fingerprint density at radius 2 is 1.97 bits per heavy atom. The standard InChI is InChI=1S/C25H24N4O3S/c1-4-19-15(3)11-17(12-26)24(29-19)33-14-20-22(25(30)31-5-2)21(16-9-7-6-8-10-16)18(13-27)23(28)32-20/h6-11,21H,4-5,14,28H2,1-3H3/t21-/m0/s1. The van der Waals surface area contributed by atoms with Gasteiger partial charge in [0, 0.05) is 5.69 Å². The normalized spacial score (nSPS) is 15.5. The number of nitrogens with zero attached hydrogens (tertiary/aromatic N) is 3. The van der Waals surface area contributed by atoms with Crippen LogP contribution in [0.4, 0.5) is 0 Å². The van der Waals surface area contributed by atoms with Gasteiger partial charge < -0.3 is 15.2 Å². The molecule has 0 bridgehead atoms. The molecule has 33 heavy (non-hydrogen) atoms. The zero-order valence-electron chi connectivity index (χ0n) is 18.7. The summed E-state index contributed by atoms with van der Waals surface area (Å²) >= 11 is 1.28. The summed E-state index contributed by atoms with van der Waals surface area (Å²) in [6.45, 7) is 5.81. The lowest BCUT2D eigenvalue weighted by Gasteiger charge is -2.28. The lowest BCUT2D eigenvalue weighted by Crippen LogP contribution is -2.27. The van der Waals surface area contributed by atoms with Gasteiger partial charge in [0.25, 0.3) is 0 Å². The van der Waals surface area contributed by atoms with E-state index in [4.69, 9.17) is 15.2 Å². The minimum atomic E-state index is -0.716. The Hall–Kier alpha value is -3.75. The smallest absolute Gasteiger partial charge is 0.338 e. The minimum Gasteiger partial charge on any atom is -0.463 e. The van der Waals surface area contributed by atoms with Gasteiger partial charge >= 0.3 is 5.97 Å². The third-order valence-corrected chi connectivity index (χ3v) is 6.19. The second-order valence-corrected chi connectivity index (χ2v) is 8.22. The molecule has 1 aromatic heterocycles. The molecule has 3 rings (SSSR count). The highest BCUT2D eigenvalue weighted by Gasteiger charge is 2.37. The number of allylic oxidation sites excluding steroid dienone is 1. The first-order valence-electron chi connectivity index (χ1n) is 10.5. The first kappa shape index (κ1) is 23.9. The molecule has 1 aliphatic rings. The van der Waals surface area contributed by atoms with E-state index in [1.807, 2.05) is 50.2 Å². The number of carbonyl (C=O) groups excluding carboxylic acids is 1. The van der Waals surface area contributed by atoms with Crippen molar-refractivity contribution >= 4 is 17.7 Å². The Kier molecular flexibility index (Phi) is 7.76. The van der Waals surface area contributed by atoms with Crippen molar-refractivity contribution in [1.82, 2.24) is 4.98 Å². The zero-order chi connectivity index (χ0) is 24.0. The molecule has 2 heterocycles. The highest BCUT2D eigenvalue weighted by Crippen LogP contribution is 2.41. The van der Waals surface area contributed by atoms with Crippen molar-refractivity contribution in [3.63, 3.8) is 0 Å². The van der Waals surface area contributed by atoms with Gasteiger partial charge in [0.15, 0.2) is 0 Å². The molecule has 0 aliphatic carbocycles. The Morgan fingerprint density at radius 1 is 1.24 bits per heavy atom. The average molecular weight is 461 g/mol.